The number of thiophene rings is 1. The van der Waals surface area contributed by atoms with Crippen LogP contribution in [0.4, 0.5) is 5.00 Å². The predicted octanol–water partition coefficient (Wildman–Crippen LogP) is 3.22. The number of carbonyl (C=O) groups excluding carboxylic acids is 3. The molecule has 36 heavy (non-hydrogen) atoms. The average Bonchev–Trinajstić information content (AvgIpc) is 3.25. The van der Waals surface area contributed by atoms with E-state index in [1.165, 1.54) is 49.6 Å². The molecule has 0 saturated carbocycles. The first-order valence-corrected chi connectivity index (χ1v) is 14.5. The van der Waals surface area contributed by atoms with Gasteiger partial charge in [0.15, 0.2) is 0 Å². The Labute approximate surface area is 215 Å². The fourth-order valence-corrected chi connectivity index (χ4v) is 7.94. The minimum Gasteiger partial charge on any atom is -0.355 e. The van der Waals surface area contributed by atoms with E-state index in [0.29, 0.717) is 42.2 Å². The van der Waals surface area contributed by atoms with Crippen molar-refractivity contribution in [3.63, 3.8) is 0 Å². The summed E-state index contributed by atoms with van der Waals surface area (Å²) in [7, 11) is -2.11. The van der Waals surface area contributed by atoms with Crippen LogP contribution in [0.25, 0.3) is 0 Å². The fourth-order valence-electron chi connectivity index (χ4n) is 4.91. The standard InChI is InChI=1S/C25H32N4O5S2/c1-4-18-7-5-6-13-29(18)36(33,34)19-10-8-17(9-11-19)23(31)27-25-22(24(32)26-3)20-12-14-28(16(2)30)15-21(20)35-25/h8-11,18H,4-7,12-15H2,1-3H3,(H,26,32)(H,27,31)/t18-/m1/s1. The van der Waals surface area contributed by atoms with Crippen LogP contribution in [0.15, 0.2) is 29.2 Å². The van der Waals surface area contributed by atoms with Gasteiger partial charge < -0.3 is 15.5 Å². The van der Waals surface area contributed by atoms with Crippen molar-refractivity contribution in [3.8, 4) is 0 Å². The van der Waals surface area contributed by atoms with Gasteiger partial charge in [0.1, 0.15) is 5.00 Å². The molecule has 1 aromatic carbocycles. The summed E-state index contributed by atoms with van der Waals surface area (Å²) < 4.78 is 28.0. The summed E-state index contributed by atoms with van der Waals surface area (Å²) in [4.78, 5) is 40.3. The van der Waals surface area contributed by atoms with E-state index in [-0.39, 0.29) is 22.8 Å². The summed E-state index contributed by atoms with van der Waals surface area (Å²) in [5.74, 6) is -0.769. The van der Waals surface area contributed by atoms with Crippen LogP contribution in [0.1, 0.15) is 70.7 Å². The maximum absolute atomic E-state index is 13.2. The van der Waals surface area contributed by atoms with Gasteiger partial charge in [-0.1, -0.05) is 13.3 Å². The van der Waals surface area contributed by atoms with E-state index >= 15 is 0 Å². The molecule has 3 amide bonds. The van der Waals surface area contributed by atoms with Crippen LogP contribution in [-0.4, -0.2) is 61.5 Å². The molecule has 2 aliphatic rings. The van der Waals surface area contributed by atoms with Crippen molar-refractivity contribution in [2.75, 3.05) is 25.5 Å². The van der Waals surface area contributed by atoms with E-state index in [4.69, 9.17) is 0 Å². The first-order chi connectivity index (χ1) is 17.2. The molecule has 2 aromatic rings. The van der Waals surface area contributed by atoms with Crippen LogP contribution in [0.2, 0.25) is 0 Å². The van der Waals surface area contributed by atoms with Crippen molar-refractivity contribution in [2.24, 2.45) is 0 Å². The number of hydrogen-bond donors (Lipinski definition) is 2. The largest absolute Gasteiger partial charge is 0.355 e. The molecule has 3 heterocycles. The normalized spacial score (nSPS) is 18.4. The zero-order valence-electron chi connectivity index (χ0n) is 20.8. The molecular formula is C25H32N4O5S2. The molecule has 0 spiro atoms. The summed E-state index contributed by atoms with van der Waals surface area (Å²) >= 11 is 1.29. The summed E-state index contributed by atoms with van der Waals surface area (Å²) in [6.07, 6.45) is 4.03. The van der Waals surface area contributed by atoms with E-state index in [1.54, 1.807) is 9.21 Å². The Morgan fingerprint density at radius 3 is 2.44 bits per heavy atom. The maximum Gasteiger partial charge on any atom is 0.256 e. The number of carbonyl (C=O) groups is 3. The monoisotopic (exact) mass is 532 g/mol. The van der Waals surface area contributed by atoms with Crippen LogP contribution in [0, 0.1) is 0 Å². The molecular weight excluding hydrogens is 500 g/mol. The third-order valence-corrected chi connectivity index (χ3v) is 10.0. The molecule has 1 fully saturated rings. The molecule has 1 aromatic heterocycles. The fraction of sp³-hybridized carbons (Fsp3) is 0.480. The van der Waals surface area contributed by atoms with Crippen LogP contribution >= 0.6 is 11.3 Å². The van der Waals surface area contributed by atoms with E-state index < -0.39 is 15.9 Å². The molecule has 4 rings (SSSR count). The minimum atomic E-state index is -3.64. The maximum atomic E-state index is 13.2. The summed E-state index contributed by atoms with van der Waals surface area (Å²) in [5.41, 5.74) is 1.56. The van der Waals surface area contributed by atoms with Crippen molar-refractivity contribution in [3.05, 3.63) is 45.8 Å². The topological polar surface area (TPSA) is 116 Å². The average molecular weight is 533 g/mol. The lowest BCUT2D eigenvalue weighted by molar-refractivity contribution is -0.129. The number of rotatable bonds is 6. The number of fused-ring (bicyclic) bond motifs is 1. The lowest BCUT2D eigenvalue weighted by Crippen LogP contribution is -2.43. The lowest BCUT2D eigenvalue weighted by Gasteiger charge is -2.34. The van der Waals surface area contributed by atoms with Gasteiger partial charge in [-0.15, -0.1) is 11.3 Å². The van der Waals surface area contributed by atoms with Crippen molar-refractivity contribution >= 4 is 44.1 Å². The second-order valence-corrected chi connectivity index (χ2v) is 12.1. The van der Waals surface area contributed by atoms with Crippen LogP contribution in [0.3, 0.4) is 0 Å². The SMILES string of the molecule is CC[C@@H]1CCCCN1S(=O)(=O)c1ccc(C(=O)Nc2sc3c(c2C(=O)NC)CCN(C(C)=O)C3)cc1. The van der Waals surface area contributed by atoms with E-state index in [2.05, 4.69) is 10.6 Å². The van der Waals surface area contributed by atoms with Crippen molar-refractivity contribution in [1.82, 2.24) is 14.5 Å². The quantitative estimate of drug-likeness (QED) is 0.593. The van der Waals surface area contributed by atoms with Crippen LogP contribution in [-0.2, 0) is 27.8 Å². The van der Waals surface area contributed by atoms with Gasteiger partial charge in [-0.05, 0) is 55.5 Å². The lowest BCUT2D eigenvalue weighted by atomic mass is 10.0. The van der Waals surface area contributed by atoms with E-state index in [1.807, 2.05) is 6.92 Å². The Morgan fingerprint density at radius 2 is 1.81 bits per heavy atom. The van der Waals surface area contributed by atoms with E-state index in [9.17, 15) is 22.8 Å². The Balaban J connectivity index is 1.56. The molecule has 0 unspecified atom stereocenters. The first-order valence-electron chi connectivity index (χ1n) is 12.2. The zero-order chi connectivity index (χ0) is 26.0. The summed E-state index contributed by atoms with van der Waals surface area (Å²) in [5, 5.41) is 5.89. The third-order valence-electron chi connectivity index (χ3n) is 6.95. The molecule has 0 radical (unpaired) electrons. The highest BCUT2D eigenvalue weighted by molar-refractivity contribution is 7.89. The molecule has 1 atom stereocenters. The summed E-state index contributed by atoms with van der Waals surface area (Å²) in [6, 6.07) is 5.93. The Bertz CT molecular complexity index is 1270. The number of sulfonamides is 1. The molecule has 194 valence electrons. The highest BCUT2D eigenvalue weighted by Crippen LogP contribution is 2.37. The van der Waals surface area contributed by atoms with Crippen LogP contribution < -0.4 is 10.6 Å². The van der Waals surface area contributed by atoms with E-state index in [0.717, 1.165) is 36.1 Å². The van der Waals surface area contributed by atoms with Crippen molar-refractivity contribution < 1.29 is 22.8 Å². The number of piperidine rings is 1. The predicted molar refractivity (Wildman–Crippen MR) is 139 cm³/mol. The van der Waals surface area contributed by atoms with Crippen molar-refractivity contribution in [2.45, 2.75) is 63.4 Å². The van der Waals surface area contributed by atoms with Gasteiger partial charge >= 0.3 is 0 Å². The second kappa shape index (κ2) is 10.7. The Hall–Kier alpha value is -2.76. The smallest absolute Gasteiger partial charge is 0.256 e. The Morgan fingerprint density at radius 1 is 1.08 bits per heavy atom. The Kier molecular flexibility index (Phi) is 7.82. The van der Waals surface area contributed by atoms with Gasteiger partial charge in [0, 0.05) is 43.5 Å². The number of hydrogen-bond acceptors (Lipinski definition) is 6. The number of nitrogens with one attached hydrogen (secondary N) is 2. The van der Waals surface area contributed by atoms with Gasteiger partial charge in [0.25, 0.3) is 11.8 Å². The molecule has 9 nitrogen and oxygen atoms in total. The molecule has 2 aliphatic heterocycles. The molecule has 0 aliphatic carbocycles. The van der Waals surface area contributed by atoms with Gasteiger partial charge in [-0.25, -0.2) is 8.42 Å². The first kappa shape index (κ1) is 26.3. The summed E-state index contributed by atoms with van der Waals surface area (Å²) in [6.45, 7) is 4.94. The number of benzene rings is 1. The number of amides is 3. The third kappa shape index (κ3) is 5.05. The molecule has 0 bridgehead atoms. The number of anilines is 1. The van der Waals surface area contributed by atoms with Crippen molar-refractivity contribution in [1.29, 1.82) is 0 Å². The molecule has 1 saturated heterocycles. The highest BCUT2D eigenvalue weighted by atomic mass is 32.2. The second-order valence-electron chi connectivity index (χ2n) is 9.13. The highest BCUT2D eigenvalue weighted by Gasteiger charge is 2.33. The molecule has 2 N–H and O–H groups in total. The molecule has 11 heteroatoms. The van der Waals surface area contributed by atoms with Gasteiger partial charge in [0.2, 0.25) is 15.9 Å². The zero-order valence-corrected chi connectivity index (χ0v) is 22.4. The van der Waals surface area contributed by atoms with Gasteiger partial charge in [0.05, 0.1) is 17.0 Å². The van der Waals surface area contributed by atoms with Gasteiger partial charge in [-0.3, -0.25) is 14.4 Å². The van der Waals surface area contributed by atoms with Gasteiger partial charge in [-0.2, -0.15) is 4.31 Å². The minimum absolute atomic E-state index is 0.00125. The number of nitrogens with zero attached hydrogens (tertiary/aromatic N) is 2. The van der Waals surface area contributed by atoms with Crippen LogP contribution in [0.5, 0.6) is 0 Å².